The summed E-state index contributed by atoms with van der Waals surface area (Å²) in [5.41, 5.74) is 1.32. The number of nitrogens with zero attached hydrogens (tertiary/aromatic N) is 1. The molecular formula is C15H31N. The maximum atomic E-state index is 2.21. The van der Waals surface area contributed by atoms with E-state index < -0.39 is 0 Å². The highest BCUT2D eigenvalue weighted by molar-refractivity contribution is 5.48. The fourth-order valence-electron chi connectivity index (χ4n) is 1.03. The third-order valence-electron chi connectivity index (χ3n) is 1.46. The zero-order valence-corrected chi connectivity index (χ0v) is 11.2. The molecule has 0 radical (unpaired) electrons. The van der Waals surface area contributed by atoms with Gasteiger partial charge in [-0.05, 0) is 18.2 Å². The lowest BCUT2D eigenvalue weighted by molar-refractivity contribution is 0.847. The van der Waals surface area contributed by atoms with Gasteiger partial charge in [0.1, 0.15) is 0 Å². The first kappa shape index (κ1) is 20.4. The quantitative estimate of drug-likeness (QED) is 0.540. The van der Waals surface area contributed by atoms with Crippen LogP contribution in [0.2, 0.25) is 0 Å². The predicted molar refractivity (Wildman–Crippen MR) is 78.9 cm³/mol. The first-order valence-corrected chi connectivity index (χ1v) is 6.20. The molecule has 0 saturated carbocycles. The Morgan fingerprint density at radius 2 is 1.62 bits per heavy atom. The second-order valence-corrected chi connectivity index (χ2v) is 2.69. The summed E-state index contributed by atoms with van der Waals surface area (Å²) in [6.45, 7) is 13.3. The minimum absolute atomic E-state index is 0. The summed E-state index contributed by atoms with van der Waals surface area (Å²) < 4.78 is 2.21. The van der Waals surface area contributed by atoms with Crippen molar-refractivity contribution in [1.29, 1.82) is 0 Å². The standard InChI is InChI=1S/C7H7N.C3H8.2C2H6.CH4/c1-3-7-4-2-6-8(7)5-1;1-3-2;2*1-2;/h1-5H,6H2;3H2,1-2H3;2*1-2H3;1H4. The van der Waals surface area contributed by atoms with Crippen LogP contribution in [0.4, 0.5) is 0 Å². The molecule has 0 saturated heterocycles. The minimum atomic E-state index is 0. The van der Waals surface area contributed by atoms with Crippen LogP contribution in [0.1, 0.15) is 61.1 Å². The van der Waals surface area contributed by atoms with E-state index in [-0.39, 0.29) is 7.43 Å². The van der Waals surface area contributed by atoms with E-state index in [0.717, 1.165) is 6.54 Å². The highest BCUT2D eigenvalue weighted by Gasteiger charge is 1.98. The van der Waals surface area contributed by atoms with Gasteiger partial charge in [0.15, 0.2) is 0 Å². The van der Waals surface area contributed by atoms with Crippen molar-refractivity contribution < 1.29 is 0 Å². The molecular weight excluding hydrogens is 194 g/mol. The average molecular weight is 225 g/mol. The molecule has 1 nitrogen and oxygen atoms in total. The van der Waals surface area contributed by atoms with Crippen LogP contribution in [0.3, 0.4) is 0 Å². The van der Waals surface area contributed by atoms with Crippen molar-refractivity contribution in [1.82, 2.24) is 4.57 Å². The molecule has 1 aliphatic heterocycles. The molecule has 0 bridgehead atoms. The summed E-state index contributed by atoms with van der Waals surface area (Å²) in [5, 5.41) is 0. The van der Waals surface area contributed by atoms with Crippen LogP contribution >= 0.6 is 0 Å². The van der Waals surface area contributed by atoms with Crippen LogP contribution in [-0.2, 0) is 6.54 Å². The van der Waals surface area contributed by atoms with E-state index in [0.29, 0.717) is 0 Å². The number of hydrogen-bond donors (Lipinski definition) is 0. The molecule has 1 aromatic rings. The molecule has 1 aliphatic rings. The highest BCUT2D eigenvalue weighted by atomic mass is 15.0. The maximum absolute atomic E-state index is 2.21. The van der Waals surface area contributed by atoms with Gasteiger partial charge in [-0.3, -0.25) is 0 Å². The molecule has 2 rings (SSSR count). The first-order valence-electron chi connectivity index (χ1n) is 6.20. The number of aromatic nitrogens is 1. The normalized spacial score (nSPS) is 9.12. The van der Waals surface area contributed by atoms with Crippen molar-refractivity contribution in [2.24, 2.45) is 0 Å². The molecule has 0 aromatic carbocycles. The van der Waals surface area contributed by atoms with Gasteiger partial charge >= 0.3 is 0 Å². The highest BCUT2D eigenvalue weighted by Crippen LogP contribution is 2.10. The molecule has 96 valence electrons. The molecule has 0 unspecified atom stereocenters. The van der Waals surface area contributed by atoms with Gasteiger partial charge in [-0.25, -0.2) is 0 Å². The van der Waals surface area contributed by atoms with Crippen molar-refractivity contribution in [3.05, 3.63) is 30.1 Å². The van der Waals surface area contributed by atoms with Crippen molar-refractivity contribution >= 4 is 6.08 Å². The largest absolute Gasteiger partial charge is 0.344 e. The van der Waals surface area contributed by atoms with Gasteiger partial charge in [-0.15, -0.1) is 0 Å². The molecule has 1 heteroatoms. The van der Waals surface area contributed by atoms with Gasteiger partial charge < -0.3 is 4.57 Å². The average Bonchev–Trinajstić information content (AvgIpc) is 2.87. The Balaban J connectivity index is -0.000000185. The zero-order chi connectivity index (χ0) is 12.1. The Bertz CT molecular complexity index is 233. The SMILES string of the molecule is C.C1=Cc2cccn2C1.CC.CC.CCC. The molecule has 16 heavy (non-hydrogen) atoms. The molecule has 0 spiro atoms. The molecule has 0 fully saturated rings. The molecule has 2 heterocycles. The maximum Gasteiger partial charge on any atom is 0.0409 e. The van der Waals surface area contributed by atoms with E-state index >= 15 is 0 Å². The summed E-state index contributed by atoms with van der Waals surface area (Å²) >= 11 is 0. The number of fused-ring (bicyclic) bond motifs is 1. The first-order chi connectivity index (χ1) is 7.38. The zero-order valence-electron chi connectivity index (χ0n) is 11.2. The van der Waals surface area contributed by atoms with Crippen molar-refractivity contribution in [3.63, 3.8) is 0 Å². The Hall–Kier alpha value is -0.980. The lowest BCUT2D eigenvalue weighted by Gasteiger charge is -1.90. The predicted octanol–water partition coefficient (Wildman–Crippen LogP) is 5.62. The molecule has 0 amide bonds. The van der Waals surface area contributed by atoms with E-state index in [1.807, 2.05) is 27.7 Å². The van der Waals surface area contributed by atoms with E-state index in [1.54, 1.807) is 0 Å². The number of allylic oxidation sites excluding steroid dienone is 1. The Morgan fingerprint density at radius 1 is 1.12 bits per heavy atom. The van der Waals surface area contributed by atoms with Crippen molar-refractivity contribution in [2.75, 3.05) is 0 Å². The van der Waals surface area contributed by atoms with Gasteiger partial charge in [0.25, 0.3) is 0 Å². The van der Waals surface area contributed by atoms with Crippen LogP contribution in [0.25, 0.3) is 6.08 Å². The fourth-order valence-corrected chi connectivity index (χ4v) is 1.03. The van der Waals surface area contributed by atoms with E-state index in [2.05, 4.69) is 48.9 Å². The fraction of sp³-hybridized carbons (Fsp3) is 0.600. The summed E-state index contributed by atoms with van der Waals surface area (Å²) in [7, 11) is 0. The Labute approximate surface area is 103 Å². The third-order valence-corrected chi connectivity index (χ3v) is 1.46. The lowest BCUT2D eigenvalue weighted by Crippen LogP contribution is -1.86. The molecule has 1 aromatic heterocycles. The van der Waals surface area contributed by atoms with Crippen molar-refractivity contribution in [3.8, 4) is 0 Å². The third kappa shape index (κ3) is 8.34. The summed E-state index contributed by atoms with van der Waals surface area (Å²) in [6, 6.07) is 4.18. The van der Waals surface area contributed by atoms with Crippen LogP contribution in [0.5, 0.6) is 0 Å². The van der Waals surface area contributed by atoms with Crippen LogP contribution in [-0.4, -0.2) is 4.57 Å². The second-order valence-electron chi connectivity index (χ2n) is 2.69. The van der Waals surface area contributed by atoms with Gasteiger partial charge in [0, 0.05) is 18.4 Å². The van der Waals surface area contributed by atoms with E-state index in [1.165, 1.54) is 12.1 Å². The van der Waals surface area contributed by atoms with Gasteiger partial charge in [-0.2, -0.15) is 0 Å². The van der Waals surface area contributed by atoms with Gasteiger partial charge in [-0.1, -0.05) is 61.5 Å². The van der Waals surface area contributed by atoms with E-state index in [9.17, 15) is 0 Å². The Kier molecular flexibility index (Phi) is 21.0. The number of hydrogen-bond acceptors (Lipinski definition) is 0. The summed E-state index contributed by atoms with van der Waals surface area (Å²) in [6.07, 6.45) is 7.64. The summed E-state index contributed by atoms with van der Waals surface area (Å²) in [5.74, 6) is 0. The monoisotopic (exact) mass is 225 g/mol. The van der Waals surface area contributed by atoms with Crippen molar-refractivity contribution in [2.45, 2.75) is 61.9 Å². The molecule has 0 atom stereocenters. The van der Waals surface area contributed by atoms with Gasteiger partial charge in [0.05, 0.1) is 0 Å². The summed E-state index contributed by atoms with van der Waals surface area (Å²) in [4.78, 5) is 0. The van der Waals surface area contributed by atoms with Crippen LogP contribution < -0.4 is 0 Å². The van der Waals surface area contributed by atoms with Crippen LogP contribution in [0.15, 0.2) is 24.4 Å². The minimum Gasteiger partial charge on any atom is -0.344 e. The van der Waals surface area contributed by atoms with E-state index in [4.69, 9.17) is 0 Å². The Morgan fingerprint density at radius 3 is 2.06 bits per heavy atom. The smallest absolute Gasteiger partial charge is 0.0409 e. The number of rotatable bonds is 0. The molecule has 0 N–H and O–H groups in total. The van der Waals surface area contributed by atoms with Crippen LogP contribution in [0, 0.1) is 0 Å². The lowest BCUT2D eigenvalue weighted by atomic mass is 10.4. The van der Waals surface area contributed by atoms with Gasteiger partial charge in [0.2, 0.25) is 0 Å². The topological polar surface area (TPSA) is 4.93 Å². The second kappa shape index (κ2) is 16.4. The molecule has 0 aliphatic carbocycles.